The molecule has 0 bridgehead atoms. The fourth-order valence-corrected chi connectivity index (χ4v) is 4.35. The van der Waals surface area contributed by atoms with Gasteiger partial charge in [-0.1, -0.05) is 78.7 Å². The van der Waals surface area contributed by atoms with E-state index in [0.717, 1.165) is 21.9 Å². The topological polar surface area (TPSA) is 49.4 Å². The molecule has 0 aliphatic heterocycles. The molecule has 1 N–H and O–H groups in total. The van der Waals surface area contributed by atoms with Crippen LogP contribution < -0.4 is 5.32 Å². The highest BCUT2D eigenvalue weighted by atomic mass is 35.5. The summed E-state index contributed by atoms with van der Waals surface area (Å²) in [6, 6.07) is 19.0. The lowest BCUT2D eigenvalue weighted by molar-refractivity contribution is -0.141. The first-order valence-corrected chi connectivity index (χ1v) is 12.1. The first kappa shape index (κ1) is 25.1. The van der Waals surface area contributed by atoms with Gasteiger partial charge in [-0.15, -0.1) is 0 Å². The van der Waals surface area contributed by atoms with E-state index in [1.807, 2.05) is 45.0 Å². The number of halogens is 2. The van der Waals surface area contributed by atoms with Crippen LogP contribution in [-0.2, 0) is 22.6 Å². The number of rotatable bonds is 9. The quantitative estimate of drug-likeness (QED) is 0.381. The number of carbonyl (C=O) groups excluding carboxylic acids is 2. The summed E-state index contributed by atoms with van der Waals surface area (Å²) in [4.78, 5) is 28.1. The zero-order valence-electron chi connectivity index (χ0n) is 19.3. The van der Waals surface area contributed by atoms with Gasteiger partial charge in [0.25, 0.3) is 0 Å². The third-order valence-corrected chi connectivity index (χ3v) is 6.38. The summed E-state index contributed by atoms with van der Waals surface area (Å²) >= 11 is 12.3. The van der Waals surface area contributed by atoms with Crippen molar-refractivity contribution in [3.8, 4) is 0 Å². The van der Waals surface area contributed by atoms with Gasteiger partial charge in [0, 0.05) is 19.0 Å². The Hall–Kier alpha value is -2.56. The van der Waals surface area contributed by atoms with Crippen LogP contribution in [0.1, 0.15) is 44.7 Å². The number of hydrogen-bond acceptors (Lipinski definition) is 2. The molecule has 33 heavy (non-hydrogen) atoms. The van der Waals surface area contributed by atoms with Gasteiger partial charge in [0.2, 0.25) is 11.8 Å². The molecule has 3 aromatic carbocycles. The van der Waals surface area contributed by atoms with Gasteiger partial charge in [-0.2, -0.15) is 0 Å². The smallest absolute Gasteiger partial charge is 0.243 e. The van der Waals surface area contributed by atoms with Crippen molar-refractivity contribution in [2.75, 3.05) is 0 Å². The van der Waals surface area contributed by atoms with Gasteiger partial charge < -0.3 is 10.2 Å². The van der Waals surface area contributed by atoms with Crippen molar-refractivity contribution in [1.29, 1.82) is 0 Å². The number of hydrogen-bond donors (Lipinski definition) is 1. The molecule has 3 aromatic rings. The normalized spacial score (nSPS) is 12.1. The average Bonchev–Trinajstić information content (AvgIpc) is 2.79. The van der Waals surface area contributed by atoms with Gasteiger partial charge in [-0.3, -0.25) is 9.59 Å². The van der Waals surface area contributed by atoms with E-state index in [2.05, 4.69) is 29.6 Å². The molecular weight excluding hydrogens is 455 g/mol. The molecule has 6 heteroatoms. The van der Waals surface area contributed by atoms with Crippen LogP contribution in [0.4, 0.5) is 0 Å². The minimum absolute atomic E-state index is 0.0100. The predicted molar refractivity (Wildman–Crippen MR) is 137 cm³/mol. The number of benzene rings is 3. The number of nitrogens with one attached hydrogen (secondary N) is 1. The van der Waals surface area contributed by atoms with Crippen molar-refractivity contribution in [2.45, 2.75) is 58.7 Å². The van der Waals surface area contributed by atoms with Crippen LogP contribution in [0.5, 0.6) is 0 Å². The highest BCUT2D eigenvalue weighted by molar-refractivity contribution is 6.42. The molecule has 2 amide bonds. The Kier molecular flexibility index (Phi) is 8.76. The summed E-state index contributed by atoms with van der Waals surface area (Å²) in [7, 11) is 0. The van der Waals surface area contributed by atoms with E-state index in [9.17, 15) is 9.59 Å². The number of fused-ring (bicyclic) bond motifs is 1. The van der Waals surface area contributed by atoms with Gasteiger partial charge in [-0.05, 0) is 60.7 Å². The lowest BCUT2D eigenvalue weighted by Crippen LogP contribution is -2.50. The monoisotopic (exact) mass is 484 g/mol. The van der Waals surface area contributed by atoms with Gasteiger partial charge in [0.05, 0.1) is 10.0 Å². The molecule has 0 fully saturated rings. The standard InChI is InChI=1S/C27H30Cl2N2O2/c1-4-25(27(33)30-18(2)3)31(17-19-12-14-23(28)24(29)16-19)26(32)15-13-21-10-7-9-20-8-5-6-11-22(20)21/h5-12,14,16,18,25H,4,13,15,17H2,1-3H3,(H,30,33)/t25-/m1/s1. The molecule has 0 spiro atoms. The van der Waals surface area contributed by atoms with Crippen LogP contribution >= 0.6 is 23.2 Å². The van der Waals surface area contributed by atoms with Crippen LogP contribution in [0.25, 0.3) is 10.8 Å². The Morgan fingerprint density at radius 1 is 0.970 bits per heavy atom. The second kappa shape index (κ2) is 11.5. The third kappa shape index (κ3) is 6.49. The third-order valence-electron chi connectivity index (χ3n) is 5.64. The van der Waals surface area contributed by atoms with E-state index in [4.69, 9.17) is 23.2 Å². The molecule has 1 atom stereocenters. The summed E-state index contributed by atoms with van der Waals surface area (Å²) in [5.41, 5.74) is 1.95. The zero-order valence-corrected chi connectivity index (χ0v) is 20.8. The van der Waals surface area contributed by atoms with Crippen molar-refractivity contribution < 1.29 is 9.59 Å². The largest absolute Gasteiger partial charge is 0.352 e. The SMILES string of the molecule is CC[C@H](C(=O)NC(C)C)N(Cc1ccc(Cl)c(Cl)c1)C(=O)CCc1cccc2ccccc12. The lowest BCUT2D eigenvalue weighted by atomic mass is 10.00. The molecule has 0 saturated carbocycles. The number of carbonyl (C=O) groups is 2. The van der Waals surface area contributed by atoms with Gasteiger partial charge in [0.1, 0.15) is 6.04 Å². The highest BCUT2D eigenvalue weighted by Crippen LogP contribution is 2.25. The molecule has 0 heterocycles. The Morgan fingerprint density at radius 3 is 2.39 bits per heavy atom. The van der Waals surface area contributed by atoms with Crippen LogP contribution in [0.3, 0.4) is 0 Å². The van der Waals surface area contributed by atoms with E-state index >= 15 is 0 Å². The van der Waals surface area contributed by atoms with Crippen LogP contribution in [0, 0.1) is 0 Å². The fourth-order valence-electron chi connectivity index (χ4n) is 4.03. The Balaban J connectivity index is 1.85. The van der Waals surface area contributed by atoms with Crippen molar-refractivity contribution in [2.24, 2.45) is 0 Å². The van der Waals surface area contributed by atoms with E-state index in [-0.39, 0.29) is 24.4 Å². The maximum absolute atomic E-state index is 13.5. The molecule has 0 aliphatic rings. The lowest BCUT2D eigenvalue weighted by Gasteiger charge is -2.31. The van der Waals surface area contributed by atoms with E-state index in [1.54, 1.807) is 17.0 Å². The van der Waals surface area contributed by atoms with Crippen LogP contribution in [0.15, 0.2) is 60.7 Å². The van der Waals surface area contributed by atoms with E-state index < -0.39 is 6.04 Å². The van der Waals surface area contributed by atoms with Crippen molar-refractivity contribution in [3.63, 3.8) is 0 Å². The van der Waals surface area contributed by atoms with Crippen molar-refractivity contribution in [1.82, 2.24) is 10.2 Å². The van der Waals surface area contributed by atoms with Crippen LogP contribution in [-0.4, -0.2) is 28.8 Å². The minimum Gasteiger partial charge on any atom is -0.352 e. The van der Waals surface area contributed by atoms with Crippen LogP contribution in [0.2, 0.25) is 10.0 Å². The minimum atomic E-state index is -0.568. The summed E-state index contributed by atoms with van der Waals surface area (Å²) < 4.78 is 0. The molecule has 0 unspecified atom stereocenters. The Bertz CT molecular complexity index is 1120. The molecule has 0 aromatic heterocycles. The molecule has 174 valence electrons. The Morgan fingerprint density at radius 2 is 1.70 bits per heavy atom. The summed E-state index contributed by atoms with van der Waals surface area (Å²) in [6.07, 6.45) is 1.42. The summed E-state index contributed by atoms with van der Waals surface area (Å²) in [5.74, 6) is -0.217. The second-order valence-corrected chi connectivity index (χ2v) is 9.31. The molecule has 4 nitrogen and oxygen atoms in total. The van der Waals surface area contributed by atoms with Gasteiger partial charge in [-0.25, -0.2) is 0 Å². The van der Waals surface area contributed by atoms with E-state index in [0.29, 0.717) is 29.3 Å². The highest BCUT2D eigenvalue weighted by Gasteiger charge is 2.29. The molecule has 0 radical (unpaired) electrons. The average molecular weight is 485 g/mol. The maximum Gasteiger partial charge on any atom is 0.243 e. The molecular formula is C27H30Cl2N2O2. The van der Waals surface area contributed by atoms with Gasteiger partial charge in [0.15, 0.2) is 0 Å². The van der Waals surface area contributed by atoms with Gasteiger partial charge >= 0.3 is 0 Å². The number of nitrogens with zero attached hydrogens (tertiary/aromatic N) is 1. The number of aryl methyl sites for hydroxylation is 1. The fraction of sp³-hybridized carbons (Fsp3) is 0.333. The molecule has 3 rings (SSSR count). The van der Waals surface area contributed by atoms with Crippen molar-refractivity contribution >= 4 is 45.8 Å². The summed E-state index contributed by atoms with van der Waals surface area (Å²) in [5, 5.41) is 6.14. The predicted octanol–water partition coefficient (Wildman–Crippen LogP) is 6.41. The summed E-state index contributed by atoms with van der Waals surface area (Å²) in [6.45, 7) is 6.03. The molecule has 0 aliphatic carbocycles. The van der Waals surface area contributed by atoms with Crippen molar-refractivity contribution in [3.05, 3.63) is 81.8 Å². The Labute approximate surface area is 205 Å². The first-order valence-electron chi connectivity index (χ1n) is 11.3. The maximum atomic E-state index is 13.5. The number of amides is 2. The second-order valence-electron chi connectivity index (χ2n) is 8.50. The first-order chi connectivity index (χ1) is 15.8. The zero-order chi connectivity index (χ0) is 24.0. The van der Waals surface area contributed by atoms with E-state index in [1.165, 1.54) is 0 Å². The molecule has 0 saturated heterocycles.